The van der Waals surface area contributed by atoms with Gasteiger partial charge in [0.2, 0.25) is 0 Å². The van der Waals surface area contributed by atoms with Crippen LogP contribution in [0.15, 0.2) is 30.5 Å². The number of aromatic nitrogens is 2. The van der Waals surface area contributed by atoms with Gasteiger partial charge in [0.1, 0.15) is 18.1 Å². The lowest BCUT2D eigenvalue weighted by Gasteiger charge is -2.05. The highest BCUT2D eigenvalue weighted by atomic mass is 16.5. The van der Waals surface area contributed by atoms with Crippen LogP contribution in [0.25, 0.3) is 0 Å². The first-order valence-electron chi connectivity index (χ1n) is 5.12. The molecule has 0 bridgehead atoms. The third-order valence-corrected chi connectivity index (χ3v) is 2.32. The maximum atomic E-state index is 10.8. The van der Waals surface area contributed by atoms with E-state index in [4.69, 9.17) is 9.84 Å². The Bertz CT molecular complexity index is 534. The number of carboxylic acid groups (broad SMARTS) is 1. The maximum absolute atomic E-state index is 10.8. The minimum atomic E-state index is -1.04. The molecule has 2 aromatic rings. The van der Waals surface area contributed by atoms with E-state index >= 15 is 0 Å². The molecule has 2 rings (SSSR count). The van der Waals surface area contributed by atoms with Crippen LogP contribution < -0.4 is 4.74 Å². The van der Waals surface area contributed by atoms with Crippen molar-refractivity contribution < 1.29 is 14.6 Å². The molecular formula is C12H12N2O3. The maximum Gasteiger partial charge on any atom is 0.354 e. The molecule has 88 valence electrons. The quantitative estimate of drug-likeness (QED) is 0.845. The molecule has 0 atom stereocenters. The molecule has 1 aromatic carbocycles. The highest BCUT2D eigenvalue weighted by Crippen LogP contribution is 2.15. The number of nitrogens with zero attached hydrogens (tertiary/aromatic N) is 1. The van der Waals surface area contributed by atoms with Crippen molar-refractivity contribution >= 4 is 5.97 Å². The Kier molecular flexibility index (Phi) is 3.09. The van der Waals surface area contributed by atoms with Crippen LogP contribution >= 0.6 is 0 Å². The van der Waals surface area contributed by atoms with E-state index in [0.717, 1.165) is 5.56 Å². The first-order chi connectivity index (χ1) is 8.16. The van der Waals surface area contributed by atoms with E-state index in [9.17, 15) is 4.79 Å². The van der Waals surface area contributed by atoms with Gasteiger partial charge in [0.05, 0.1) is 6.20 Å². The van der Waals surface area contributed by atoms with Gasteiger partial charge in [-0.05, 0) is 24.6 Å². The number of carboxylic acids is 1. The van der Waals surface area contributed by atoms with Gasteiger partial charge < -0.3 is 9.84 Å². The van der Waals surface area contributed by atoms with Crippen molar-refractivity contribution in [3.8, 4) is 5.75 Å². The van der Waals surface area contributed by atoms with Crippen LogP contribution in [0, 0.1) is 6.92 Å². The van der Waals surface area contributed by atoms with Gasteiger partial charge in [-0.25, -0.2) is 4.79 Å². The summed E-state index contributed by atoms with van der Waals surface area (Å²) in [6.07, 6.45) is 1.46. The van der Waals surface area contributed by atoms with Crippen LogP contribution in [0.1, 0.15) is 21.6 Å². The van der Waals surface area contributed by atoms with Crippen LogP contribution in [-0.2, 0) is 6.61 Å². The second-order valence-electron chi connectivity index (χ2n) is 3.68. The van der Waals surface area contributed by atoms with Gasteiger partial charge in [-0.1, -0.05) is 12.1 Å². The highest BCUT2D eigenvalue weighted by Gasteiger charge is 2.12. The summed E-state index contributed by atoms with van der Waals surface area (Å²) in [6.45, 7) is 2.15. The summed E-state index contributed by atoms with van der Waals surface area (Å²) in [5, 5.41) is 15.0. The second-order valence-corrected chi connectivity index (χ2v) is 3.68. The molecule has 0 aliphatic carbocycles. The second kappa shape index (κ2) is 4.69. The molecule has 1 aromatic heterocycles. The van der Waals surface area contributed by atoms with Crippen LogP contribution in [0.4, 0.5) is 0 Å². The van der Waals surface area contributed by atoms with Crippen molar-refractivity contribution in [2.45, 2.75) is 13.5 Å². The average Bonchev–Trinajstić information content (AvgIpc) is 2.74. The van der Waals surface area contributed by atoms with E-state index < -0.39 is 5.97 Å². The highest BCUT2D eigenvalue weighted by molar-refractivity contribution is 5.86. The first kappa shape index (κ1) is 11.2. The summed E-state index contributed by atoms with van der Waals surface area (Å²) >= 11 is 0. The number of rotatable bonds is 4. The average molecular weight is 232 g/mol. The topological polar surface area (TPSA) is 75.2 Å². The van der Waals surface area contributed by atoms with Gasteiger partial charge in [-0.3, -0.25) is 5.10 Å². The lowest BCUT2D eigenvalue weighted by Crippen LogP contribution is -2.04. The number of hydrogen-bond acceptors (Lipinski definition) is 3. The standard InChI is InChI=1S/C12H12N2O3/c1-8-3-2-4-10(5-8)17-7-9-6-13-14-11(9)12(15)16/h2-6H,7H2,1H3,(H,13,14)(H,15,16). The molecule has 0 saturated heterocycles. The first-order valence-corrected chi connectivity index (χ1v) is 5.12. The van der Waals surface area contributed by atoms with Crippen molar-refractivity contribution in [2.24, 2.45) is 0 Å². The van der Waals surface area contributed by atoms with E-state index in [1.54, 1.807) is 0 Å². The van der Waals surface area contributed by atoms with E-state index in [-0.39, 0.29) is 12.3 Å². The number of benzene rings is 1. The minimum absolute atomic E-state index is 0.0673. The molecule has 1 heterocycles. The Morgan fingerprint density at radius 1 is 1.53 bits per heavy atom. The van der Waals surface area contributed by atoms with E-state index in [1.807, 2.05) is 31.2 Å². The smallest absolute Gasteiger partial charge is 0.354 e. The minimum Gasteiger partial charge on any atom is -0.489 e. The van der Waals surface area contributed by atoms with Crippen LogP contribution in [-0.4, -0.2) is 21.3 Å². The zero-order valence-corrected chi connectivity index (χ0v) is 9.30. The lowest BCUT2D eigenvalue weighted by molar-refractivity contribution is 0.0687. The molecule has 0 amide bonds. The Hall–Kier alpha value is -2.30. The van der Waals surface area contributed by atoms with Gasteiger partial charge in [0.15, 0.2) is 0 Å². The summed E-state index contributed by atoms with van der Waals surface area (Å²) in [7, 11) is 0. The number of H-pyrrole nitrogens is 1. The van der Waals surface area contributed by atoms with Gasteiger partial charge >= 0.3 is 5.97 Å². The van der Waals surface area contributed by atoms with Crippen molar-refractivity contribution in [1.82, 2.24) is 10.2 Å². The molecule has 0 radical (unpaired) electrons. The Morgan fingerprint density at radius 3 is 3.06 bits per heavy atom. The zero-order valence-electron chi connectivity index (χ0n) is 9.30. The van der Waals surface area contributed by atoms with Gasteiger partial charge in [0.25, 0.3) is 0 Å². The monoisotopic (exact) mass is 232 g/mol. The molecule has 5 nitrogen and oxygen atoms in total. The number of aromatic amines is 1. The largest absolute Gasteiger partial charge is 0.489 e. The fourth-order valence-corrected chi connectivity index (χ4v) is 1.47. The van der Waals surface area contributed by atoms with Crippen LogP contribution in [0.5, 0.6) is 5.75 Å². The van der Waals surface area contributed by atoms with E-state index in [2.05, 4.69) is 10.2 Å². The molecule has 0 unspecified atom stereocenters. The van der Waals surface area contributed by atoms with Crippen molar-refractivity contribution in [3.05, 3.63) is 47.3 Å². The number of carbonyl (C=O) groups is 1. The van der Waals surface area contributed by atoms with E-state index in [0.29, 0.717) is 11.3 Å². The van der Waals surface area contributed by atoms with Crippen LogP contribution in [0.2, 0.25) is 0 Å². The molecule has 0 fully saturated rings. The number of aromatic carboxylic acids is 1. The number of hydrogen-bond donors (Lipinski definition) is 2. The van der Waals surface area contributed by atoms with Crippen molar-refractivity contribution in [3.63, 3.8) is 0 Å². The fraction of sp³-hybridized carbons (Fsp3) is 0.167. The Morgan fingerprint density at radius 2 is 2.35 bits per heavy atom. The van der Waals surface area contributed by atoms with Crippen molar-refractivity contribution in [1.29, 1.82) is 0 Å². The molecule has 0 aliphatic heterocycles. The number of aryl methyl sites for hydroxylation is 1. The SMILES string of the molecule is Cc1cccc(OCc2cn[nH]c2C(=O)O)c1. The van der Waals surface area contributed by atoms with Crippen LogP contribution in [0.3, 0.4) is 0 Å². The molecule has 0 aliphatic rings. The molecule has 2 N–H and O–H groups in total. The normalized spacial score (nSPS) is 10.2. The summed E-state index contributed by atoms with van der Waals surface area (Å²) in [6, 6.07) is 7.57. The molecule has 17 heavy (non-hydrogen) atoms. The zero-order chi connectivity index (χ0) is 12.3. The third kappa shape index (κ3) is 2.63. The fourth-order valence-electron chi connectivity index (χ4n) is 1.47. The summed E-state index contributed by atoms with van der Waals surface area (Å²) in [4.78, 5) is 10.8. The number of ether oxygens (including phenoxy) is 1. The predicted molar refractivity (Wildman–Crippen MR) is 61.1 cm³/mol. The van der Waals surface area contributed by atoms with Gasteiger partial charge in [-0.15, -0.1) is 0 Å². The molecule has 0 spiro atoms. The Labute approximate surface area is 98.0 Å². The molecule has 0 saturated carbocycles. The number of nitrogens with one attached hydrogen (secondary N) is 1. The summed E-state index contributed by atoms with van der Waals surface area (Å²) in [5.41, 5.74) is 1.69. The molecule has 5 heteroatoms. The van der Waals surface area contributed by atoms with Crippen molar-refractivity contribution in [2.75, 3.05) is 0 Å². The molecular weight excluding hydrogens is 220 g/mol. The lowest BCUT2D eigenvalue weighted by atomic mass is 10.2. The Balaban J connectivity index is 2.07. The van der Waals surface area contributed by atoms with Gasteiger partial charge in [0, 0.05) is 5.56 Å². The summed E-state index contributed by atoms with van der Waals surface area (Å²) in [5.74, 6) is -0.326. The van der Waals surface area contributed by atoms with Gasteiger partial charge in [-0.2, -0.15) is 5.10 Å². The predicted octanol–water partition coefficient (Wildman–Crippen LogP) is 2.00. The third-order valence-electron chi connectivity index (χ3n) is 2.32. The summed E-state index contributed by atoms with van der Waals surface area (Å²) < 4.78 is 5.50. The van der Waals surface area contributed by atoms with E-state index in [1.165, 1.54) is 6.20 Å².